The van der Waals surface area contributed by atoms with Gasteiger partial charge in [0.05, 0.1) is 16.1 Å². The molecule has 1 aliphatic carbocycles. The zero-order valence-corrected chi connectivity index (χ0v) is 17.6. The second-order valence-electron chi connectivity index (χ2n) is 7.04. The number of benzene rings is 2. The molecule has 138 valence electrons. The normalized spacial score (nSPS) is 14.7. The molecule has 27 heavy (non-hydrogen) atoms. The van der Waals surface area contributed by atoms with E-state index in [0.717, 1.165) is 45.6 Å². The van der Waals surface area contributed by atoms with Crippen molar-refractivity contribution in [1.29, 1.82) is 0 Å². The Kier molecular flexibility index (Phi) is 5.15. The molecule has 0 spiro atoms. The maximum atomic E-state index is 12.7. The molecule has 3 aromatic rings. The van der Waals surface area contributed by atoms with Crippen LogP contribution in [0.25, 0.3) is 11.3 Å². The summed E-state index contributed by atoms with van der Waals surface area (Å²) < 4.78 is 1.04. The van der Waals surface area contributed by atoms with Crippen LogP contribution in [0.5, 0.6) is 0 Å². The maximum absolute atomic E-state index is 12.7. The fourth-order valence-electron chi connectivity index (χ4n) is 3.37. The van der Waals surface area contributed by atoms with Crippen LogP contribution in [0.2, 0.25) is 0 Å². The Morgan fingerprint density at radius 2 is 1.85 bits per heavy atom. The number of carbonyl (C=O) groups excluding carboxylic acids is 1. The van der Waals surface area contributed by atoms with Gasteiger partial charge in [-0.25, -0.2) is 4.98 Å². The lowest BCUT2D eigenvalue weighted by Crippen LogP contribution is -2.35. The smallest absolute Gasteiger partial charge is 0.230 e. The number of carbonyl (C=O) groups is 1. The van der Waals surface area contributed by atoms with Gasteiger partial charge in [0.1, 0.15) is 0 Å². The van der Waals surface area contributed by atoms with Gasteiger partial charge in [0.25, 0.3) is 0 Å². The summed E-state index contributed by atoms with van der Waals surface area (Å²) in [5.74, 6) is 0.152. The predicted molar refractivity (Wildman–Crippen MR) is 114 cm³/mol. The number of halogens is 1. The second kappa shape index (κ2) is 7.56. The zero-order chi connectivity index (χ0) is 18.9. The highest BCUT2D eigenvalue weighted by Crippen LogP contribution is 2.48. The van der Waals surface area contributed by atoms with Crippen LogP contribution in [0.15, 0.2) is 58.4 Å². The van der Waals surface area contributed by atoms with Gasteiger partial charge < -0.3 is 5.32 Å². The van der Waals surface area contributed by atoms with Crippen molar-refractivity contribution in [2.24, 2.45) is 0 Å². The quantitative estimate of drug-likeness (QED) is 0.566. The molecule has 1 fully saturated rings. The Morgan fingerprint density at radius 1 is 1.15 bits per heavy atom. The monoisotopic (exact) mass is 440 g/mol. The third-order valence-electron chi connectivity index (χ3n) is 5.15. The fraction of sp³-hybridized carbons (Fsp3) is 0.273. The van der Waals surface area contributed by atoms with Gasteiger partial charge in [-0.05, 0) is 49.4 Å². The molecule has 0 unspecified atom stereocenters. The molecule has 1 aromatic heterocycles. The van der Waals surface area contributed by atoms with Gasteiger partial charge in [0.15, 0.2) is 0 Å². The molecule has 0 atom stereocenters. The number of amides is 1. The van der Waals surface area contributed by atoms with Crippen molar-refractivity contribution in [1.82, 2.24) is 10.3 Å². The molecular formula is C22H21BrN2OS. The lowest BCUT2D eigenvalue weighted by Gasteiger charge is -2.16. The first-order chi connectivity index (χ1) is 13.1. The molecule has 5 heteroatoms. The summed E-state index contributed by atoms with van der Waals surface area (Å²) in [6.45, 7) is 2.68. The molecule has 0 bridgehead atoms. The third-order valence-corrected chi connectivity index (χ3v) is 6.45. The van der Waals surface area contributed by atoms with E-state index in [2.05, 4.69) is 68.0 Å². The summed E-state index contributed by atoms with van der Waals surface area (Å²) in [6.07, 6.45) is 2.70. The van der Waals surface area contributed by atoms with E-state index >= 15 is 0 Å². The van der Waals surface area contributed by atoms with E-state index in [1.54, 1.807) is 11.3 Å². The van der Waals surface area contributed by atoms with Crippen molar-refractivity contribution in [3.05, 3.63) is 74.5 Å². The molecule has 0 radical (unpaired) electrons. The summed E-state index contributed by atoms with van der Waals surface area (Å²) in [6, 6.07) is 16.6. The van der Waals surface area contributed by atoms with Crippen molar-refractivity contribution in [2.45, 2.75) is 31.6 Å². The molecule has 1 saturated carbocycles. The number of rotatable bonds is 6. The van der Waals surface area contributed by atoms with Gasteiger partial charge >= 0.3 is 0 Å². The lowest BCUT2D eigenvalue weighted by atomic mass is 9.95. The van der Waals surface area contributed by atoms with E-state index in [9.17, 15) is 4.79 Å². The lowest BCUT2D eigenvalue weighted by molar-refractivity contribution is -0.123. The molecule has 1 heterocycles. The van der Waals surface area contributed by atoms with Crippen LogP contribution in [0.4, 0.5) is 0 Å². The Morgan fingerprint density at radius 3 is 2.44 bits per heavy atom. The molecule has 0 saturated heterocycles. The first-order valence-corrected chi connectivity index (χ1v) is 10.8. The number of aromatic nitrogens is 1. The number of hydrogen-bond acceptors (Lipinski definition) is 3. The topological polar surface area (TPSA) is 42.0 Å². The maximum Gasteiger partial charge on any atom is 0.230 e. The minimum Gasteiger partial charge on any atom is -0.355 e. The van der Waals surface area contributed by atoms with Gasteiger partial charge in [-0.2, -0.15) is 0 Å². The summed E-state index contributed by atoms with van der Waals surface area (Å²) in [7, 11) is 0. The molecule has 2 aromatic carbocycles. The predicted octanol–water partition coefficient (Wildman–Crippen LogP) is 5.27. The summed E-state index contributed by atoms with van der Waals surface area (Å²) in [5.41, 5.74) is 4.19. The molecule has 0 aliphatic heterocycles. The molecule has 3 nitrogen and oxygen atoms in total. The summed E-state index contributed by atoms with van der Waals surface area (Å²) in [4.78, 5) is 17.2. The van der Waals surface area contributed by atoms with Gasteiger partial charge in [0, 0.05) is 22.0 Å². The summed E-state index contributed by atoms with van der Waals surface area (Å²) in [5, 5.41) is 6.30. The van der Waals surface area contributed by atoms with Gasteiger partial charge in [-0.3, -0.25) is 4.79 Å². The minimum absolute atomic E-state index is 0.152. The second-order valence-corrected chi connectivity index (χ2v) is 9.02. The fourth-order valence-corrected chi connectivity index (χ4v) is 4.25. The molecule has 4 rings (SSSR count). The Balaban J connectivity index is 1.33. The molecule has 1 aliphatic rings. The number of hydrogen-bond donors (Lipinski definition) is 1. The largest absolute Gasteiger partial charge is 0.355 e. The van der Waals surface area contributed by atoms with Crippen LogP contribution < -0.4 is 5.32 Å². The van der Waals surface area contributed by atoms with Crippen LogP contribution in [-0.2, 0) is 16.6 Å². The number of thiazole rings is 1. The van der Waals surface area contributed by atoms with E-state index in [1.165, 1.54) is 5.56 Å². The number of nitrogens with one attached hydrogen (secondary N) is 1. The van der Waals surface area contributed by atoms with Crippen molar-refractivity contribution in [2.75, 3.05) is 6.54 Å². The average Bonchev–Trinajstić information content (AvgIpc) is 3.38. The number of nitrogens with zero attached hydrogens (tertiary/aromatic N) is 1. The first-order valence-electron chi connectivity index (χ1n) is 9.13. The summed E-state index contributed by atoms with van der Waals surface area (Å²) >= 11 is 5.12. The SMILES string of the molecule is Cc1nc(-c2ccc(CCNC(=O)C3(c4ccc(Br)cc4)CC3)cc2)cs1. The van der Waals surface area contributed by atoms with Crippen LogP contribution >= 0.6 is 27.3 Å². The Bertz CT molecular complexity index is 943. The Labute approximate surface area is 172 Å². The van der Waals surface area contributed by atoms with Gasteiger partial charge in [0.2, 0.25) is 5.91 Å². The highest BCUT2D eigenvalue weighted by Gasteiger charge is 2.50. The van der Waals surface area contributed by atoms with Crippen molar-refractivity contribution < 1.29 is 4.79 Å². The van der Waals surface area contributed by atoms with Crippen molar-refractivity contribution in [3.63, 3.8) is 0 Å². The molecule has 1 N–H and O–H groups in total. The highest BCUT2D eigenvalue weighted by molar-refractivity contribution is 9.10. The van der Waals surface area contributed by atoms with Crippen molar-refractivity contribution >= 4 is 33.2 Å². The molecular weight excluding hydrogens is 420 g/mol. The average molecular weight is 441 g/mol. The minimum atomic E-state index is -0.312. The Hall–Kier alpha value is -1.98. The van der Waals surface area contributed by atoms with E-state index in [-0.39, 0.29) is 11.3 Å². The van der Waals surface area contributed by atoms with E-state index in [0.29, 0.717) is 6.54 Å². The number of aryl methyl sites for hydroxylation is 1. The van der Waals surface area contributed by atoms with Crippen LogP contribution in [0, 0.1) is 6.92 Å². The highest BCUT2D eigenvalue weighted by atomic mass is 79.9. The van der Waals surface area contributed by atoms with E-state index in [4.69, 9.17) is 0 Å². The van der Waals surface area contributed by atoms with Crippen LogP contribution in [0.3, 0.4) is 0 Å². The van der Waals surface area contributed by atoms with Crippen molar-refractivity contribution in [3.8, 4) is 11.3 Å². The van der Waals surface area contributed by atoms with Gasteiger partial charge in [-0.15, -0.1) is 11.3 Å². The van der Waals surface area contributed by atoms with Crippen LogP contribution in [-0.4, -0.2) is 17.4 Å². The zero-order valence-electron chi connectivity index (χ0n) is 15.2. The van der Waals surface area contributed by atoms with Gasteiger partial charge in [-0.1, -0.05) is 52.3 Å². The van der Waals surface area contributed by atoms with E-state index in [1.807, 2.05) is 19.1 Å². The first kappa shape index (κ1) is 18.4. The van der Waals surface area contributed by atoms with Crippen LogP contribution in [0.1, 0.15) is 29.0 Å². The third kappa shape index (κ3) is 3.99. The standard InChI is InChI=1S/C22H21BrN2OS/c1-15-25-20(14-27-15)17-4-2-16(3-5-17)10-13-24-21(26)22(11-12-22)18-6-8-19(23)9-7-18/h2-9,14H,10-13H2,1H3,(H,24,26). The molecule has 1 amide bonds. The van der Waals surface area contributed by atoms with E-state index < -0.39 is 0 Å².